The van der Waals surface area contributed by atoms with E-state index in [1.165, 1.54) is 0 Å². The Morgan fingerprint density at radius 1 is 1.21 bits per heavy atom. The van der Waals surface area contributed by atoms with Gasteiger partial charge in [-0.2, -0.15) is 5.10 Å². The fraction of sp³-hybridized carbons (Fsp3) is 0.308. The molecule has 3 nitrogen and oxygen atoms in total. The number of rotatable bonds is 4. The Balaban J connectivity index is 2.10. The third-order valence-electron chi connectivity index (χ3n) is 3.04. The predicted octanol–water partition coefficient (Wildman–Crippen LogP) is 4.23. The highest BCUT2D eigenvalue weighted by atomic mass is 35.5. The van der Waals surface area contributed by atoms with Crippen molar-refractivity contribution in [3.05, 3.63) is 50.7 Å². The zero-order chi connectivity index (χ0) is 14.0. The number of hydrogen-bond donors (Lipinski definition) is 1. The van der Waals surface area contributed by atoms with E-state index < -0.39 is 0 Å². The Bertz CT molecular complexity index is 581. The van der Waals surface area contributed by atoms with Gasteiger partial charge < -0.3 is 5.32 Å². The molecule has 1 atom stereocenters. The van der Waals surface area contributed by atoms with Crippen molar-refractivity contribution in [2.45, 2.75) is 19.5 Å². The third kappa shape index (κ3) is 3.23. The molecular formula is C13H14Cl3N3. The van der Waals surface area contributed by atoms with Crippen molar-refractivity contribution < 1.29 is 0 Å². The summed E-state index contributed by atoms with van der Waals surface area (Å²) in [5.41, 5.74) is 2.03. The molecule has 0 fully saturated rings. The Morgan fingerprint density at radius 3 is 2.58 bits per heavy atom. The van der Waals surface area contributed by atoms with Crippen molar-refractivity contribution in [2.75, 3.05) is 0 Å². The molecule has 1 aromatic heterocycles. The number of nitrogens with one attached hydrogen (secondary N) is 1. The van der Waals surface area contributed by atoms with Gasteiger partial charge in [0.05, 0.1) is 20.8 Å². The molecule has 1 N–H and O–H groups in total. The van der Waals surface area contributed by atoms with Gasteiger partial charge in [-0.05, 0) is 24.6 Å². The SMILES string of the molecule is CC(NCc1ccnn1C)c1ccc(Cl)c(Cl)c1Cl. The Hall–Kier alpha value is -0.740. The van der Waals surface area contributed by atoms with Gasteiger partial charge in [-0.1, -0.05) is 40.9 Å². The molecular weight excluding hydrogens is 305 g/mol. The van der Waals surface area contributed by atoms with Crippen LogP contribution >= 0.6 is 34.8 Å². The molecule has 2 aromatic rings. The first-order chi connectivity index (χ1) is 9.00. The minimum atomic E-state index is 0.0668. The first-order valence-electron chi connectivity index (χ1n) is 5.84. The molecule has 102 valence electrons. The average Bonchev–Trinajstić information content (AvgIpc) is 2.79. The molecule has 19 heavy (non-hydrogen) atoms. The molecule has 0 amide bonds. The van der Waals surface area contributed by atoms with Gasteiger partial charge in [0.15, 0.2) is 0 Å². The predicted molar refractivity (Wildman–Crippen MR) is 79.9 cm³/mol. The maximum Gasteiger partial charge on any atom is 0.0781 e. The Morgan fingerprint density at radius 2 is 1.95 bits per heavy atom. The first kappa shape index (κ1) is 14.7. The molecule has 1 heterocycles. The minimum absolute atomic E-state index is 0.0668. The number of nitrogens with zero attached hydrogens (tertiary/aromatic N) is 2. The number of halogens is 3. The normalized spacial score (nSPS) is 12.7. The van der Waals surface area contributed by atoms with Crippen LogP contribution in [0.3, 0.4) is 0 Å². The second-order valence-corrected chi connectivity index (χ2v) is 5.48. The van der Waals surface area contributed by atoms with E-state index in [1.54, 1.807) is 12.3 Å². The minimum Gasteiger partial charge on any atom is -0.305 e. The van der Waals surface area contributed by atoms with Crippen LogP contribution in [0, 0.1) is 0 Å². The van der Waals surface area contributed by atoms with Crippen molar-refractivity contribution in [1.82, 2.24) is 15.1 Å². The molecule has 0 bridgehead atoms. The highest BCUT2D eigenvalue weighted by molar-refractivity contribution is 6.48. The maximum atomic E-state index is 6.21. The van der Waals surface area contributed by atoms with E-state index in [2.05, 4.69) is 10.4 Å². The second kappa shape index (κ2) is 6.14. The van der Waals surface area contributed by atoms with Crippen LogP contribution in [0.5, 0.6) is 0 Å². The van der Waals surface area contributed by atoms with Crippen molar-refractivity contribution >= 4 is 34.8 Å². The van der Waals surface area contributed by atoms with E-state index in [-0.39, 0.29) is 6.04 Å². The van der Waals surface area contributed by atoms with Crippen LogP contribution in [0.25, 0.3) is 0 Å². The molecule has 0 spiro atoms. The first-order valence-corrected chi connectivity index (χ1v) is 6.97. The summed E-state index contributed by atoms with van der Waals surface area (Å²) in [6, 6.07) is 5.68. The number of benzene rings is 1. The van der Waals surface area contributed by atoms with Gasteiger partial charge >= 0.3 is 0 Å². The van der Waals surface area contributed by atoms with Crippen LogP contribution in [0.2, 0.25) is 15.1 Å². The lowest BCUT2D eigenvalue weighted by Gasteiger charge is -2.17. The molecule has 1 unspecified atom stereocenters. The highest BCUT2D eigenvalue weighted by Crippen LogP contribution is 2.35. The summed E-state index contributed by atoms with van der Waals surface area (Å²) in [6.45, 7) is 2.73. The molecule has 0 aliphatic carbocycles. The fourth-order valence-electron chi connectivity index (χ4n) is 1.82. The van der Waals surface area contributed by atoms with Crippen molar-refractivity contribution in [3.63, 3.8) is 0 Å². The van der Waals surface area contributed by atoms with Crippen LogP contribution in [0.15, 0.2) is 24.4 Å². The van der Waals surface area contributed by atoms with Gasteiger partial charge in [0, 0.05) is 25.8 Å². The van der Waals surface area contributed by atoms with Crippen LogP contribution < -0.4 is 5.32 Å². The van der Waals surface area contributed by atoms with E-state index in [1.807, 2.05) is 30.8 Å². The molecule has 6 heteroatoms. The molecule has 0 radical (unpaired) electrons. The molecule has 0 aliphatic rings. The lowest BCUT2D eigenvalue weighted by atomic mass is 10.1. The number of hydrogen-bond acceptors (Lipinski definition) is 2. The largest absolute Gasteiger partial charge is 0.305 e. The van der Waals surface area contributed by atoms with Crippen molar-refractivity contribution in [1.29, 1.82) is 0 Å². The summed E-state index contributed by atoms with van der Waals surface area (Å²) in [6.07, 6.45) is 1.77. The van der Waals surface area contributed by atoms with Gasteiger partial charge in [0.25, 0.3) is 0 Å². The van der Waals surface area contributed by atoms with E-state index in [0.29, 0.717) is 21.6 Å². The fourth-order valence-corrected chi connectivity index (χ4v) is 2.52. The number of aryl methyl sites for hydroxylation is 1. The van der Waals surface area contributed by atoms with Crippen LogP contribution in [0.4, 0.5) is 0 Å². The second-order valence-electron chi connectivity index (χ2n) is 4.31. The Labute approximate surface area is 127 Å². The highest BCUT2D eigenvalue weighted by Gasteiger charge is 2.14. The maximum absolute atomic E-state index is 6.21. The van der Waals surface area contributed by atoms with Gasteiger partial charge in [-0.15, -0.1) is 0 Å². The van der Waals surface area contributed by atoms with Crippen LogP contribution in [0.1, 0.15) is 24.2 Å². The van der Waals surface area contributed by atoms with Gasteiger partial charge in [-0.3, -0.25) is 4.68 Å². The summed E-state index contributed by atoms with van der Waals surface area (Å²) in [5.74, 6) is 0. The zero-order valence-corrected chi connectivity index (χ0v) is 12.9. The molecule has 1 aromatic carbocycles. The van der Waals surface area contributed by atoms with E-state index >= 15 is 0 Å². The topological polar surface area (TPSA) is 29.9 Å². The summed E-state index contributed by atoms with van der Waals surface area (Å²) >= 11 is 18.2. The summed E-state index contributed by atoms with van der Waals surface area (Å²) < 4.78 is 1.83. The van der Waals surface area contributed by atoms with Crippen LogP contribution in [-0.4, -0.2) is 9.78 Å². The Kier molecular flexibility index (Phi) is 4.74. The van der Waals surface area contributed by atoms with E-state index in [4.69, 9.17) is 34.8 Å². The standard InChI is InChI=1S/C13H14Cl3N3/c1-8(17-7-9-5-6-18-19(9)2)10-3-4-11(14)13(16)12(10)15/h3-6,8,17H,7H2,1-2H3. The zero-order valence-electron chi connectivity index (χ0n) is 10.6. The molecule has 0 saturated carbocycles. The van der Waals surface area contributed by atoms with Gasteiger partial charge in [0.1, 0.15) is 0 Å². The van der Waals surface area contributed by atoms with Gasteiger partial charge in [0.2, 0.25) is 0 Å². The van der Waals surface area contributed by atoms with E-state index in [9.17, 15) is 0 Å². The number of aromatic nitrogens is 2. The quantitative estimate of drug-likeness (QED) is 0.855. The monoisotopic (exact) mass is 317 g/mol. The molecule has 2 rings (SSSR count). The summed E-state index contributed by atoms with van der Waals surface area (Å²) in [7, 11) is 1.91. The lowest BCUT2D eigenvalue weighted by molar-refractivity contribution is 0.548. The van der Waals surface area contributed by atoms with Crippen molar-refractivity contribution in [2.24, 2.45) is 7.05 Å². The van der Waals surface area contributed by atoms with Crippen LogP contribution in [-0.2, 0) is 13.6 Å². The summed E-state index contributed by atoms with van der Waals surface area (Å²) in [5, 5.41) is 8.87. The third-order valence-corrected chi connectivity index (χ3v) is 4.35. The average molecular weight is 319 g/mol. The lowest BCUT2D eigenvalue weighted by Crippen LogP contribution is -2.20. The van der Waals surface area contributed by atoms with Crippen molar-refractivity contribution in [3.8, 4) is 0 Å². The molecule has 0 aliphatic heterocycles. The summed E-state index contributed by atoms with van der Waals surface area (Å²) in [4.78, 5) is 0. The smallest absolute Gasteiger partial charge is 0.0781 e. The van der Waals surface area contributed by atoms with Gasteiger partial charge in [-0.25, -0.2) is 0 Å². The van der Waals surface area contributed by atoms with E-state index in [0.717, 1.165) is 11.3 Å². The molecule has 0 saturated heterocycles.